The van der Waals surface area contributed by atoms with Gasteiger partial charge in [-0.2, -0.15) is 0 Å². The van der Waals surface area contributed by atoms with Crippen LogP contribution in [0.1, 0.15) is 34.8 Å². The SMILES string of the molecule is COC(=O)c1cncc(-c2ccc(C(CN3CCCC3)N(C)C(=O)CN3C(=O)COc4cc(Cl)c(Cl)cc43)cc2)c1. The molecule has 1 atom stereocenters. The van der Waals surface area contributed by atoms with E-state index in [4.69, 9.17) is 32.7 Å². The van der Waals surface area contributed by atoms with Crippen molar-refractivity contribution in [3.63, 3.8) is 0 Å². The molecule has 2 aromatic carbocycles. The van der Waals surface area contributed by atoms with Gasteiger partial charge in [0.2, 0.25) is 5.91 Å². The van der Waals surface area contributed by atoms with Gasteiger partial charge in [0, 0.05) is 37.6 Å². The maximum Gasteiger partial charge on any atom is 0.339 e. The van der Waals surface area contributed by atoms with Gasteiger partial charge in [-0.05, 0) is 49.2 Å². The highest BCUT2D eigenvalue weighted by atomic mass is 35.5. The zero-order valence-electron chi connectivity index (χ0n) is 22.8. The Labute approximate surface area is 248 Å². The van der Waals surface area contributed by atoms with Crippen LogP contribution in [0.15, 0.2) is 54.9 Å². The number of pyridine rings is 1. The summed E-state index contributed by atoms with van der Waals surface area (Å²) in [6, 6.07) is 12.5. The van der Waals surface area contributed by atoms with Crippen molar-refractivity contribution in [2.45, 2.75) is 18.9 Å². The topological polar surface area (TPSA) is 92.3 Å². The Morgan fingerprint density at radius 1 is 1.05 bits per heavy atom. The highest BCUT2D eigenvalue weighted by molar-refractivity contribution is 6.42. The van der Waals surface area contributed by atoms with Crippen molar-refractivity contribution in [1.29, 1.82) is 0 Å². The van der Waals surface area contributed by atoms with Crippen molar-refractivity contribution < 1.29 is 23.9 Å². The van der Waals surface area contributed by atoms with E-state index in [1.54, 1.807) is 36.3 Å². The van der Waals surface area contributed by atoms with Crippen LogP contribution in [-0.2, 0) is 14.3 Å². The Hall–Kier alpha value is -3.66. The van der Waals surface area contributed by atoms with E-state index in [2.05, 4.69) is 9.88 Å². The van der Waals surface area contributed by atoms with E-state index < -0.39 is 5.97 Å². The Bertz CT molecular complexity index is 1460. The minimum absolute atomic E-state index is 0.162. The number of anilines is 1. The molecule has 1 unspecified atom stereocenters. The van der Waals surface area contributed by atoms with Crippen LogP contribution >= 0.6 is 23.2 Å². The molecule has 41 heavy (non-hydrogen) atoms. The van der Waals surface area contributed by atoms with Crippen LogP contribution < -0.4 is 9.64 Å². The summed E-state index contributed by atoms with van der Waals surface area (Å²) in [7, 11) is 3.10. The molecular formula is C30H30Cl2N4O5. The minimum atomic E-state index is -0.450. The molecule has 2 amide bonds. The number of carbonyl (C=O) groups excluding carboxylic acids is 3. The molecule has 5 rings (SSSR count). The molecule has 1 aromatic heterocycles. The summed E-state index contributed by atoms with van der Waals surface area (Å²) in [6.07, 6.45) is 5.40. The number of esters is 1. The van der Waals surface area contributed by atoms with E-state index in [1.807, 2.05) is 24.3 Å². The molecular weight excluding hydrogens is 567 g/mol. The maximum absolute atomic E-state index is 13.7. The first-order valence-electron chi connectivity index (χ1n) is 13.3. The average molecular weight is 597 g/mol. The fourth-order valence-electron chi connectivity index (χ4n) is 5.18. The Morgan fingerprint density at radius 2 is 1.76 bits per heavy atom. The molecule has 3 aromatic rings. The van der Waals surface area contributed by atoms with Gasteiger partial charge in [-0.1, -0.05) is 47.5 Å². The largest absolute Gasteiger partial charge is 0.482 e. The van der Waals surface area contributed by atoms with Crippen molar-refractivity contribution in [2.24, 2.45) is 0 Å². The number of carbonyl (C=O) groups is 3. The van der Waals surface area contributed by atoms with Crippen molar-refractivity contribution >= 4 is 46.7 Å². The van der Waals surface area contributed by atoms with Gasteiger partial charge in [-0.15, -0.1) is 0 Å². The number of hydrogen-bond donors (Lipinski definition) is 0. The van der Waals surface area contributed by atoms with Crippen LogP contribution in [0.5, 0.6) is 5.75 Å². The van der Waals surface area contributed by atoms with E-state index in [1.165, 1.54) is 18.2 Å². The number of rotatable bonds is 8. The van der Waals surface area contributed by atoms with Crippen LogP contribution in [-0.4, -0.2) is 79.5 Å². The molecule has 0 aliphatic carbocycles. The molecule has 3 heterocycles. The van der Waals surface area contributed by atoms with Crippen LogP contribution in [0.2, 0.25) is 10.0 Å². The van der Waals surface area contributed by atoms with Crippen LogP contribution in [0.25, 0.3) is 11.1 Å². The zero-order chi connectivity index (χ0) is 29.1. The highest BCUT2D eigenvalue weighted by Crippen LogP contribution is 2.39. The van der Waals surface area contributed by atoms with Gasteiger partial charge in [0.15, 0.2) is 6.61 Å². The third-order valence-electron chi connectivity index (χ3n) is 7.52. The number of halogens is 2. The monoisotopic (exact) mass is 596 g/mol. The average Bonchev–Trinajstić information content (AvgIpc) is 3.51. The van der Waals surface area contributed by atoms with Gasteiger partial charge >= 0.3 is 5.97 Å². The first-order valence-corrected chi connectivity index (χ1v) is 14.0. The van der Waals surface area contributed by atoms with Gasteiger partial charge in [0.05, 0.1) is 34.4 Å². The summed E-state index contributed by atoms with van der Waals surface area (Å²) < 4.78 is 10.3. The van der Waals surface area contributed by atoms with Gasteiger partial charge in [-0.25, -0.2) is 4.79 Å². The van der Waals surface area contributed by atoms with Crippen LogP contribution in [0.3, 0.4) is 0 Å². The fourth-order valence-corrected chi connectivity index (χ4v) is 5.49. The first-order chi connectivity index (χ1) is 19.7. The molecule has 0 saturated carbocycles. The number of fused-ring (bicyclic) bond motifs is 1. The molecule has 2 aliphatic heterocycles. The number of likely N-dealkylation sites (tertiary alicyclic amines) is 1. The standard InChI is InChI=1S/C30H30Cl2N4O5/c1-34(28(37)17-36-25-12-23(31)24(32)13-27(25)41-18-29(36)38)26(16-35-9-3-4-10-35)20-7-5-19(6-8-20)21-11-22(15-33-14-21)30(39)40-2/h5-8,11-15,26H,3-4,9-10,16-18H2,1-2H3. The van der Waals surface area contributed by atoms with Crippen molar-refractivity contribution in [3.05, 3.63) is 76.0 Å². The summed E-state index contributed by atoms with van der Waals surface area (Å²) in [5, 5.41) is 0.582. The number of likely N-dealkylation sites (N-methyl/N-ethyl adjacent to an activating group) is 1. The predicted molar refractivity (Wildman–Crippen MR) is 157 cm³/mol. The maximum atomic E-state index is 13.7. The Balaban J connectivity index is 1.39. The molecule has 214 valence electrons. The van der Waals surface area contributed by atoms with Crippen molar-refractivity contribution in [2.75, 3.05) is 51.8 Å². The number of nitrogens with zero attached hydrogens (tertiary/aromatic N) is 4. The van der Waals surface area contributed by atoms with E-state index in [0.717, 1.165) is 42.6 Å². The van der Waals surface area contributed by atoms with E-state index in [0.29, 0.717) is 28.6 Å². The second-order valence-electron chi connectivity index (χ2n) is 10.1. The molecule has 0 N–H and O–H groups in total. The lowest BCUT2D eigenvalue weighted by molar-refractivity contribution is -0.133. The molecule has 9 nitrogen and oxygen atoms in total. The number of aromatic nitrogens is 1. The zero-order valence-corrected chi connectivity index (χ0v) is 24.3. The second-order valence-corrected chi connectivity index (χ2v) is 10.9. The summed E-state index contributed by atoms with van der Waals surface area (Å²) in [5.74, 6) is -0.598. The van der Waals surface area contributed by atoms with Gasteiger partial charge in [-0.3, -0.25) is 19.5 Å². The number of amides is 2. The first kappa shape index (κ1) is 28.9. The van der Waals surface area contributed by atoms with E-state index >= 15 is 0 Å². The summed E-state index contributed by atoms with van der Waals surface area (Å²) >= 11 is 12.4. The van der Waals surface area contributed by atoms with Crippen molar-refractivity contribution in [3.8, 4) is 16.9 Å². The number of hydrogen-bond acceptors (Lipinski definition) is 7. The molecule has 0 bridgehead atoms. The smallest absolute Gasteiger partial charge is 0.339 e. The summed E-state index contributed by atoms with van der Waals surface area (Å²) in [6.45, 7) is 2.25. The summed E-state index contributed by atoms with van der Waals surface area (Å²) in [4.78, 5) is 48.1. The van der Waals surface area contributed by atoms with E-state index in [9.17, 15) is 14.4 Å². The fraction of sp³-hybridized carbons (Fsp3) is 0.333. The lowest BCUT2D eigenvalue weighted by Gasteiger charge is -2.35. The lowest BCUT2D eigenvalue weighted by Crippen LogP contribution is -2.47. The van der Waals surface area contributed by atoms with Crippen molar-refractivity contribution in [1.82, 2.24) is 14.8 Å². The van der Waals surface area contributed by atoms with Crippen LogP contribution in [0.4, 0.5) is 5.69 Å². The van der Waals surface area contributed by atoms with Crippen LogP contribution in [0, 0.1) is 0 Å². The van der Waals surface area contributed by atoms with E-state index in [-0.39, 0.29) is 36.0 Å². The third-order valence-corrected chi connectivity index (χ3v) is 8.24. The predicted octanol–water partition coefficient (Wildman–Crippen LogP) is 4.86. The van der Waals surface area contributed by atoms with Gasteiger partial charge in [0.25, 0.3) is 5.91 Å². The summed E-state index contributed by atoms with van der Waals surface area (Å²) in [5.41, 5.74) is 3.40. The normalized spacial score (nSPS) is 15.7. The Morgan fingerprint density at radius 3 is 2.46 bits per heavy atom. The quantitative estimate of drug-likeness (QED) is 0.343. The molecule has 0 spiro atoms. The highest BCUT2D eigenvalue weighted by Gasteiger charge is 2.32. The molecule has 0 radical (unpaired) electrons. The molecule has 1 fully saturated rings. The number of benzene rings is 2. The third kappa shape index (κ3) is 6.32. The molecule has 11 heteroatoms. The van der Waals surface area contributed by atoms with Gasteiger partial charge < -0.3 is 19.3 Å². The number of ether oxygens (including phenoxy) is 2. The molecule has 2 aliphatic rings. The lowest BCUT2D eigenvalue weighted by atomic mass is 9.99. The molecule has 1 saturated heterocycles. The minimum Gasteiger partial charge on any atom is -0.482 e. The Kier molecular flexibility index (Phi) is 8.77. The second kappa shape index (κ2) is 12.5. The van der Waals surface area contributed by atoms with Gasteiger partial charge in [0.1, 0.15) is 12.3 Å². The number of methoxy groups -OCH3 is 1.